The molecular weight excluding hydrogens is 266 g/mol. The smallest absolute Gasteiger partial charge is 0.244 e. The van der Waals surface area contributed by atoms with Crippen LogP contribution in [0.2, 0.25) is 0 Å². The Hall–Kier alpha value is -1.49. The van der Waals surface area contributed by atoms with Crippen LogP contribution in [0.25, 0.3) is 0 Å². The first kappa shape index (κ1) is 13.9. The molecular formula is C12H15N3O3S. The summed E-state index contributed by atoms with van der Waals surface area (Å²) in [4.78, 5) is 3.93. The third-order valence-electron chi connectivity index (χ3n) is 2.93. The van der Waals surface area contributed by atoms with E-state index < -0.39 is 10.0 Å². The summed E-state index contributed by atoms with van der Waals surface area (Å²) in [6, 6.07) is 4.76. The first-order valence-electron chi connectivity index (χ1n) is 5.96. The van der Waals surface area contributed by atoms with Crippen LogP contribution in [0, 0.1) is 11.3 Å². The summed E-state index contributed by atoms with van der Waals surface area (Å²) in [5, 5.41) is 8.67. The number of hydrogen-bond donors (Lipinski definition) is 0. The zero-order valence-corrected chi connectivity index (χ0v) is 11.4. The van der Waals surface area contributed by atoms with E-state index >= 15 is 0 Å². The zero-order valence-electron chi connectivity index (χ0n) is 10.6. The van der Waals surface area contributed by atoms with E-state index in [9.17, 15) is 8.42 Å². The van der Waals surface area contributed by atoms with Crippen molar-refractivity contribution in [2.24, 2.45) is 0 Å². The molecule has 0 N–H and O–H groups in total. The normalized spacial score (nSPS) is 15.4. The van der Waals surface area contributed by atoms with Crippen molar-refractivity contribution in [3.63, 3.8) is 0 Å². The summed E-state index contributed by atoms with van der Waals surface area (Å²) in [6.45, 7) is 0.697. The van der Waals surface area contributed by atoms with Gasteiger partial charge in [0.05, 0.1) is 6.61 Å². The molecule has 0 radical (unpaired) electrons. The number of nitrogens with zero attached hydrogens (tertiary/aromatic N) is 3. The minimum absolute atomic E-state index is 0.0655. The van der Waals surface area contributed by atoms with Crippen molar-refractivity contribution in [2.45, 2.75) is 23.8 Å². The van der Waals surface area contributed by atoms with E-state index in [1.165, 1.54) is 22.6 Å². The first-order valence-corrected chi connectivity index (χ1v) is 7.40. The molecule has 0 aromatic carbocycles. The van der Waals surface area contributed by atoms with E-state index in [1.54, 1.807) is 7.11 Å². The van der Waals surface area contributed by atoms with Gasteiger partial charge in [-0.05, 0) is 25.0 Å². The highest BCUT2D eigenvalue weighted by Crippen LogP contribution is 2.31. The molecule has 7 heteroatoms. The minimum Gasteiger partial charge on any atom is -0.383 e. The highest BCUT2D eigenvalue weighted by Gasteiger charge is 2.37. The largest absolute Gasteiger partial charge is 0.383 e. The number of sulfonamides is 1. The maximum absolute atomic E-state index is 12.5. The number of aromatic nitrogens is 1. The number of methoxy groups -OCH3 is 1. The van der Waals surface area contributed by atoms with E-state index in [0.29, 0.717) is 13.2 Å². The van der Waals surface area contributed by atoms with Crippen LogP contribution in [0.1, 0.15) is 18.5 Å². The second kappa shape index (κ2) is 5.65. The number of hydrogen-bond acceptors (Lipinski definition) is 5. The third kappa shape index (κ3) is 3.10. The highest BCUT2D eigenvalue weighted by atomic mass is 32.2. The van der Waals surface area contributed by atoms with Crippen LogP contribution >= 0.6 is 0 Å². The topological polar surface area (TPSA) is 83.3 Å². The van der Waals surface area contributed by atoms with Crippen molar-refractivity contribution in [1.29, 1.82) is 5.26 Å². The fourth-order valence-electron chi connectivity index (χ4n) is 1.78. The Balaban J connectivity index is 2.25. The maximum Gasteiger partial charge on any atom is 0.244 e. The third-order valence-corrected chi connectivity index (χ3v) is 4.86. The molecule has 0 atom stereocenters. The molecule has 0 amide bonds. The Bertz CT molecular complexity index is 573. The molecule has 102 valence electrons. The average molecular weight is 281 g/mol. The molecule has 1 aliphatic rings. The molecule has 1 aromatic rings. The molecule has 19 heavy (non-hydrogen) atoms. The molecule has 1 aliphatic carbocycles. The Morgan fingerprint density at radius 3 is 2.74 bits per heavy atom. The summed E-state index contributed by atoms with van der Waals surface area (Å²) in [5.74, 6) is 0. The van der Waals surface area contributed by atoms with Crippen LogP contribution < -0.4 is 0 Å². The molecule has 1 fully saturated rings. The predicted octanol–water partition coefficient (Wildman–Crippen LogP) is 0.753. The fourth-order valence-corrected chi connectivity index (χ4v) is 3.39. The van der Waals surface area contributed by atoms with Crippen molar-refractivity contribution in [3.05, 3.63) is 24.0 Å². The molecule has 0 aliphatic heterocycles. The first-order chi connectivity index (χ1) is 9.09. The van der Waals surface area contributed by atoms with Crippen molar-refractivity contribution in [1.82, 2.24) is 9.29 Å². The summed E-state index contributed by atoms with van der Waals surface area (Å²) in [6.07, 6.45) is 3.00. The van der Waals surface area contributed by atoms with Crippen LogP contribution in [0.5, 0.6) is 0 Å². The standard InChI is InChI=1S/C12H15N3O3S/c1-18-7-6-15(11-3-4-11)19(16,17)12-5-2-10(8-13)14-9-12/h2,5,9,11H,3-4,6-7H2,1H3. The van der Waals surface area contributed by atoms with E-state index in [0.717, 1.165) is 12.8 Å². The van der Waals surface area contributed by atoms with E-state index in [4.69, 9.17) is 10.00 Å². The van der Waals surface area contributed by atoms with Crippen molar-refractivity contribution in [2.75, 3.05) is 20.3 Å². The summed E-state index contributed by atoms with van der Waals surface area (Å²) >= 11 is 0. The minimum atomic E-state index is -3.55. The van der Waals surface area contributed by atoms with Crippen LogP contribution in [-0.2, 0) is 14.8 Å². The fraction of sp³-hybridized carbons (Fsp3) is 0.500. The van der Waals surface area contributed by atoms with Gasteiger partial charge in [-0.15, -0.1) is 0 Å². The van der Waals surface area contributed by atoms with E-state index in [1.807, 2.05) is 6.07 Å². The van der Waals surface area contributed by atoms with Gasteiger partial charge in [0.1, 0.15) is 16.7 Å². The van der Waals surface area contributed by atoms with Crippen LogP contribution in [-0.4, -0.2) is 44.0 Å². The van der Waals surface area contributed by atoms with Crippen LogP contribution in [0.15, 0.2) is 23.2 Å². The van der Waals surface area contributed by atoms with E-state index in [-0.39, 0.29) is 16.6 Å². The van der Waals surface area contributed by atoms with Gasteiger partial charge >= 0.3 is 0 Å². The van der Waals surface area contributed by atoms with Gasteiger partial charge in [0.2, 0.25) is 10.0 Å². The Morgan fingerprint density at radius 1 is 1.53 bits per heavy atom. The summed E-state index contributed by atoms with van der Waals surface area (Å²) in [5.41, 5.74) is 0.203. The Kier molecular flexibility index (Phi) is 4.14. The number of nitriles is 1. The van der Waals surface area contributed by atoms with E-state index in [2.05, 4.69) is 4.98 Å². The molecule has 2 rings (SSSR count). The second-order valence-corrected chi connectivity index (χ2v) is 6.22. The van der Waals surface area contributed by atoms with Gasteiger partial charge in [0.25, 0.3) is 0 Å². The summed E-state index contributed by atoms with van der Waals surface area (Å²) < 4.78 is 31.3. The number of ether oxygens (including phenoxy) is 1. The van der Waals surface area contributed by atoms with Gasteiger partial charge in [-0.3, -0.25) is 0 Å². The zero-order chi connectivity index (χ0) is 13.9. The Labute approximate surface area is 112 Å². The van der Waals surface area contributed by atoms with Crippen molar-refractivity contribution in [3.8, 4) is 6.07 Å². The maximum atomic E-state index is 12.5. The monoisotopic (exact) mass is 281 g/mol. The quantitative estimate of drug-likeness (QED) is 0.768. The molecule has 0 bridgehead atoms. The molecule has 6 nitrogen and oxygen atoms in total. The lowest BCUT2D eigenvalue weighted by atomic mass is 10.4. The number of pyridine rings is 1. The second-order valence-electron chi connectivity index (χ2n) is 4.33. The van der Waals surface area contributed by atoms with Gasteiger partial charge in [-0.2, -0.15) is 9.57 Å². The lowest BCUT2D eigenvalue weighted by Crippen LogP contribution is -2.35. The molecule has 0 saturated heterocycles. The van der Waals surface area contributed by atoms with Gasteiger partial charge in [-0.25, -0.2) is 13.4 Å². The SMILES string of the molecule is COCCN(C1CC1)S(=O)(=O)c1ccc(C#N)nc1. The van der Waals surface area contributed by atoms with Crippen LogP contribution in [0.3, 0.4) is 0 Å². The lowest BCUT2D eigenvalue weighted by molar-refractivity contribution is 0.177. The molecule has 1 saturated carbocycles. The summed E-state index contributed by atoms with van der Waals surface area (Å²) in [7, 11) is -2.01. The average Bonchev–Trinajstić information content (AvgIpc) is 3.23. The van der Waals surface area contributed by atoms with Crippen LogP contribution in [0.4, 0.5) is 0 Å². The van der Waals surface area contributed by atoms with Gasteiger partial charge in [0.15, 0.2) is 0 Å². The molecule has 1 heterocycles. The Morgan fingerprint density at radius 2 is 2.26 bits per heavy atom. The van der Waals surface area contributed by atoms with Gasteiger partial charge in [0, 0.05) is 25.9 Å². The number of rotatable bonds is 6. The predicted molar refractivity (Wildman–Crippen MR) is 67.7 cm³/mol. The lowest BCUT2D eigenvalue weighted by Gasteiger charge is -2.21. The van der Waals surface area contributed by atoms with Crippen molar-refractivity contribution >= 4 is 10.0 Å². The molecule has 0 unspecified atom stereocenters. The molecule has 0 spiro atoms. The van der Waals surface area contributed by atoms with Crippen molar-refractivity contribution < 1.29 is 13.2 Å². The van der Waals surface area contributed by atoms with Gasteiger partial charge in [-0.1, -0.05) is 0 Å². The molecule has 1 aromatic heterocycles. The van der Waals surface area contributed by atoms with Gasteiger partial charge < -0.3 is 4.74 Å². The highest BCUT2D eigenvalue weighted by molar-refractivity contribution is 7.89.